The fourth-order valence-corrected chi connectivity index (χ4v) is 2.21. The second-order valence-corrected chi connectivity index (χ2v) is 4.52. The number of carbonyl (C=O) groups is 1. The third kappa shape index (κ3) is 4.38. The van der Waals surface area contributed by atoms with E-state index in [1.54, 1.807) is 0 Å². The van der Waals surface area contributed by atoms with Crippen molar-refractivity contribution in [2.45, 2.75) is 25.6 Å². The van der Waals surface area contributed by atoms with Crippen LogP contribution in [0.1, 0.15) is 24.9 Å². The van der Waals surface area contributed by atoms with E-state index >= 15 is 0 Å². The van der Waals surface area contributed by atoms with Crippen molar-refractivity contribution >= 4 is 29.1 Å². The zero-order chi connectivity index (χ0) is 13.9. The second-order valence-electron chi connectivity index (χ2n) is 3.71. The minimum absolute atomic E-state index is 0.0772. The van der Waals surface area contributed by atoms with E-state index in [1.165, 1.54) is 18.2 Å². The Balaban J connectivity index is 3.13. The van der Waals surface area contributed by atoms with Gasteiger partial charge < -0.3 is 5.32 Å². The lowest BCUT2D eigenvalue weighted by molar-refractivity contribution is -0.142. The Kier molecular flexibility index (Phi) is 4.87. The van der Waals surface area contributed by atoms with Gasteiger partial charge in [-0.25, -0.2) is 0 Å². The zero-order valence-electron chi connectivity index (χ0n) is 9.31. The quantitative estimate of drug-likeness (QED) is 0.893. The molecule has 0 heterocycles. The summed E-state index contributed by atoms with van der Waals surface area (Å²) in [4.78, 5) is 11.0. The van der Waals surface area contributed by atoms with E-state index < -0.39 is 24.5 Å². The standard InChI is InChI=1S/C11H10Cl2F3NO/c1-6(18)17-9(5-11(14,15)16)10-7(12)3-2-4-8(10)13/h2-4,9H,5H2,1H3,(H,17,18). The summed E-state index contributed by atoms with van der Waals surface area (Å²) in [6.07, 6.45) is -5.66. The van der Waals surface area contributed by atoms with Crippen LogP contribution in [0, 0.1) is 0 Å². The highest BCUT2D eigenvalue weighted by Gasteiger charge is 2.34. The van der Waals surface area contributed by atoms with Gasteiger partial charge in [0.05, 0.1) is 12.5 Å². The van der Waals surface area contributed by atoms with Gasteiger partial charge in [0.1, 0.15) is 0 Å². The zero-order valence-corrected chi connectivity index (χ0v) is 10.8. The van der Waals surface area contributed by atoms with Crippen LogP contribution < -0.4 is 5.32 Å². The summed E-state index contributed by atoms with van der Waals surface area (Å²) >= 11 is 11.7. The fraction of sp³-hybridized carbons (Fsp3) is 0.364. The summed E-state index contributed by atoms with van der Waals surface area (Å²) in [7, 11) is 0. The normalized spacial score (nSPS) is 13.2. The number of carbonyl (C=O) groups excluding carboxylic acids is 1. The minimum atomic E-state index is -4.43. The number of rotatable bonds is 3. The third-order valence-corrected chi connectivity index (χ3v) is 2.82. The molecule has 0 aliphatic rings. The lowest BCUT2D eigenvalue weighted by atomic mass is 10.0. The van der Waals surface area contributed by atoms with Crippen LogP contribution in [0.15, 0.2) is 18.2 Å². The lowest BCUT2D eigenvalue weighted by Crippen LogP contribution is -2.30. The first-order valence-corrected chi connectivity index (χ1v) is 5.74. The predicted octanol–water partition coefficient (Wildman–Crippen LogP) is 4.12. The van der Waals surface area contributed by atoms with Crippen molar-refractivity contribution in [1.29, 1.82) is 0 Å². The van der Waals surface area contributed by atoms with Gasteiger partial charge in [0.25, 0.3) is 0 Å². The van der Waals surface area contributed by atoms with E-state index in [4.69, 9.17) is 23.2 Å². The van der Waals surface area contributed by atoms with Crippen molar-refractivity contribution in [3.05, 3.63) is 33.8 Å². The summed E-state index contributed by atoms with van der Waals surface area (Å²) in [5.41, 5.74) is 0.0772. The minimum Gasteiger partial charge on any atom is -0.349 e. The van der Waals surface area contributed by atoms with Crippen LogP contribution in [-0.2, 0) is 4.79 Å². The van der Waals surface area contributed by atoms with Gasteiger partial charge in [-0.05, 0) is 12.1 Å². The highest BCUT2D eigenvalue weighted by molar-refractivity contribution is 6.36. The predicted molar refractivity (Wildman–Crippen MR) is 63.7 cm³/mol. The molecule has 1 aromatic rings. The molecule has 0 aliphatic carbocycles. The van der Waals surface area contributed by atoms with Crippen molar-refractivity contribution in [2.24, 2.45) is 0 Å². The highest BCUT2D eigenvalue weighted by Crippen LogP contribution is 2.36. The number of halogens is 5. The first-order chi connectivity index (χ1) is 8.20. The first kappa shape index (κ1) is 15.1. The van der Waals surface area contributed by atoms with Gasteiger partial charge in [-0.3, -0.25) is 4.79 Å². The molecule has 0 aliphatic heterocycles. The van der Waals surface area contributed by atoms with Crippen molar-refractivity contribution in [3.63, 3.8) is 0 Å². The number of hydrogen-bond acceptors (Lipinski definition) is 1. The van der Waals surface area contributed by atoms with Crippen LogP contribution in [0.3, 0.4) is 0 Å². The number of alkyl halides is 3. The number of benzene rings is 1. The van der Waals surface area contributed by atoms with Crippen molar-refractivity contribution < 1.29 is 18.0 Å². The van der Waals surface area contributed by atoms with Gasteiger partial charge in [-0.15, -0.1) is 0 Å². The largest absolute Gasteiger partial charge is 0.391 e. The van der Waals surface area contributed by atoms with Crippen LogP contribution in [0.4, 0.5) is 13.2 Å². The van der Waals surface area contributed by atoms with Gasteiger partial charge in [-0.1, -0.05) is 29.3 Å². The Bertz CT molecular complexity index is 428. The summed E-state index contributed by atoms with van der Waals surface area (Å²) in [6, 6.07) is 3.08. The molecular formula is C11H10Cl2F3NO. The number of amides is 1. The molecule has 1 amide bonds. The van der Waals surface area contributed by atoms with Crippen LogP contribution in [-0.4, -0.2) is 12.1 Å². The Labute approximate surface area is 112 Å². The maximum atomic E-state index is 12.5. The molecule has 0 saturated carbocycles. The van der Waals surface area contributed by atoms with E-state index in [0.29, 0.717) is 0 Å². The Morgan fingerprint density at radius 2 is 1.83 bits per heavy atom. The van der Waals surface area contributed by atoms with Gasteiger partial charge in [0, 0.05) is 22.5 Å². The van der Waals surface area contributed by atoms with Crippen LogP contribution in [0.25, 0.3) is 0 Å². The molecule has 7 heteroatoms. The number of hydrogen-bond donors (Lipinski definition) is 1. The lowest BCUT2D eigenvalue weighted by Gasteiger charge is -2.22. The van der Waals surface area contributed by atoms with Crippen molar-refractivity contribution in [1.82, 2.24) is 5.32 Å². The van der Waals surface area contributed by atoms with E-state index in [2.05, 4.69) is 5.32 Å². The average Bonchev–Trinajstić information content (AvgIpc) is 2.13. The average molecular weight is 300 g/mol. The molecular weight excluding hydrogens is 290 g/mol. The van der Waals surface area contributed by atoms with E-state index in [-0.39, 0.29) is 15.6 Å². The molecule has 1 unspecified atom stereocenters. The molecule has 0 aromatic heterocycles. The maximum absolute atomic E-state index is 12.5. The van der Waals surface area contributed by atoms with Gasteiger partial charge in [-0.2, -0.15) is 13.2 Å². The molecule has 0 bridgehead atoms. The maximum Gasteiger partial charge on any atom is 0.391 e. The van der Waals surface area contributed by atoms with Gasteiger partial charge in [0.2, 0.25) is 5.91 Å². The van der Waals surface area contributed by atoms with Gasteiger partial charge in [0.15, 0.2) is 0 Å². The number of nitrogens with one attached hydrogen (secondary N) is 1. The summed E-state index contributed by atoms with van der Waals surface area (Å²) in [5.74, 6) is -0.583. The molecule has 18 heavy (non-hydrogen) atoms. The van der Waals surface area contributed by atoms with E-state index in [0.717, 1.165) is 6.92 Å². The highest BCUT2D eigenvalue weighted by atomic mass is 35.5. The van der Waals surface area contributed by atoms with E-state index in [9.17, 15) is 18.0 Å². The molecule has 1 rings (SSSR count). The monoisotopic (exact) mass is 299 g/mol. The summed E-state index contributed by atoms with van der Waals surface area (Å²) in [5, 5.41) is 2.38. The second kappa shape index (κ2) is 5.80. The van der Waals surface area contributed by atoms with Crippen LogP contribution >= 0.6 is 23.2 Å². The first-order valence-electron chi connectivity index (χ1n) is 4.98. The topological polar surface area (TPSA) is 29.1 Å². The SMILES string of the molecule is CC(=O)NC(CC(F)(F)F)c1c(Cl)cccc1Cl. The Morgan fingerprint density at radius 1 is 1.33 bits per heavy atom. The van der Waals surface area contributed by atoms with Crippen LogP contribution in [0.2, 0.25) is 10.0 Å². The molecule has 0 spiro atoms. The molecule has 2 nitrogen and oxygen atoms in total. The molecule has 0 saturated heterocycles. The molecule has 0 fully saturated rings. The Hall–Kier alpha value is -0.940. The van der Waals surface area contributed by atoms with Crippen LogP contribution in [0.5, 0.6) is 0 Å². The molecule has 1 N–H and O–H groups in total. The van der Waals surface area contributed by atoms with E-state index in [1.807, 2.05) is 0 Å². The molecule has 100 valence electrons. The molecule has 0 radical (unpaired) electrons. The third-order valence-electron chi connectivity index (χ3n) is 2.16. The molecule has 1 aromatic carbocycles. The summed E-state index contributed by atoms with van der Waals surface area (Å²) < 4.78 is 37.4. The molecule has 1 atom stereocenters. The Morgan fingerprint density at radius 3 is 2.22 bits per heavy atom. The van der Waals surface area contributed by atoms with Crippen molar-refractivity contribution in [2.75, 3.05) is 0 Å². The van der Waals surface area contributed by atoms with Crippen molar-refractivity contribution in [3.8, 4) is 0 Å². The summed E-state index contributed by atoms with van der Waals surface area (Å²) in [6.45, 7) is 1.13. The smallest absolute Gasteiger partial charge is 0.349 e. The fourth-order valence-electron chi connectivity index (χ4n) is 1.55. The van der Waals surface area contributed by atoms with Gasteiger partial charge >= 0.3 is 6.18 Å².